The summed E-state index contributed by atoms with van der Waals surface area (Å²) in [7, 11) is 0. The summed E-state index contributed by atoms with van der Waals surface area (Å²) in [6, 6.07) is 4.87. The van der Waals surface area contributed by atoms with Crippen LogP contribution in [0, 0.1) is 0 Å². The molecular weight excluding hydrogens is 352 g/mol. The fourth-order valence-electron chi connectivity index (χ4n) is 2.27. The van der Waals surface area contributed by atoms with Crippen molar-refractivity contribution in [2.45, 2.75) is 13.0 Å². The van der Waals surface area contributed by atoms with Gasteiger partial charge in [0.25, 0.3) is 5.56 Å². The number of hydrogen-bond acceptors (Lipinski definition) is 6. The van der Waals surface area contributed by atoms with Crippen molar-refractivity contribution >= 4 is 17.5 Å². The van der Waals surface area contributed by atoms with Crippen LogP contribution in [0.3, 0.4) is 0 Å². The molecule has 0 saturated carbocycles. The molecule has 0 aliphatic heterocycles. The van der Waals surface area contributed by atoms with Gasteiger partial charge in [-0.3, -0.25) is 9.78 Å². The van der Waals surface area contributed by atoms with Crippen LogP contribution >= 0.6 is 11.6 Å². The predicted molar refractivity (Wildman–Crippen MR) is 101 cm³/mol. The van der Waals surface area contributed by atoms with Crippen LogP contribution in [0.2, 0.25) is 5.02 Å². The van der Waals surface area contributed by atoms with Gasteiger partial charge in [-0.1, -0.05) is 17.7 Å². The summed E-state index contributed by atoms with van der Waals surface area (Å²) in [4.78, 5) is 24.6. The van der Waals surface area contributed by atoms with E-state index in [0.717, 1.165) is 24.1 Å². The van der Waals surface area contributed by atoms with Crippen molar-refractivity contribution in [3.05, 3.63) is 76.6 Å². The Morgan fingerprint density at radius 3 is 2.73 bits per heavy atom. The quantitative estimate of drug-likeness (QED) is 0.510. The molecule has 3 aromatic rings. The van der Waals surface area contributed by atoms with Gasteiger partial charge in [-0.05, 0) is 24.1 Å². The summed E-state index contributed by atoms with van der Waals surface area (Å²) in [5.74, 6) is 0.536. The topological polar surface area (TPSA) is 85.6 Å². The van der Waals surface area contributed by atoms with Crippen molar-refractivity contribution in [2.24, 2.45) is 0 Å². The normalized spacial score (nSPS) is 10.5. The highest BCUT2D eigenvalue weighted by Crippen LogP contribution is 2.15. The number of nitrogens with one attached hydrogen (secondary N) is 1. The van der Waals surface area contributed by atoms with Crippen LogP contribution in [0.15, 0.2) is 60.4 Å². The molecule has 1 N–H and O–H groups in total. The molecule has 3 rings (SSSR count). The van der Waals surface area contributed by atoms with Gasteiger partial charge in [0, 0.05) is 43.0 Å². The van der Waals surface area contributed by atoms with E-state index < -0.39 is 0 Å². The van der Waals surface area contributed by atoms with Gasteiger partial charge in [0.1, 0.15) is 0 Å². The molecule has 3 heterocycles. The lowest BCUT2D eigenvalue weighted by molar-refractivity contribution is 0.641. The molecule has 0 radical (unpaired) electrons. The summed E-state index contributed by atoms with van der Waals surface area (Å²) >= 11 is 5.94. The zero-order chi connectivity index (χ0) is 18.4. The van der Waals surface area contributed by atoms with E-state index in [1.165, 1.54) is 10.7 Å². The summed E-state index contributed by atoms with van der Waals surface area (Å²) in [6.07, 6.45) is 9.18. The number of nitrogens with zero attached hydrogens (tertiary/aromatic N) is 5. The maximum Gasteiger partial charge on any atom is 0.267 e. The fourth-order valence-corrected chi connectivity index (χ4v) is 2.47. The first-order valence-electron chi connectivity index (χ1n) is 8.00. The van der Waals surface area contributed by atoms with Gasteiger partial charge in [-0.2, -0.15) is 5.10 Å². The minimum absolute atomic E-state index is 0.211. The maximum atomic E-state index is 12.1. The van der Waals surface area contributed by atoms with Crippen molar-refractivity contribution in [2.75, 3.05) is 11.9 Å². The van der Waals surface area contributed by atoms with Gasteiger partial charge in [0.2, 0.25) is 5.95 Å². The zero-order valence-corrected chi connectivity index (χ0v) is 14.7. The third-order valence-corrected chi connectivity index (χ3v) is 3.75. The molecule has 7 nitrogen and oxygen atoms in total. The van der Waals surface area contributed by atoms with E-state index in [-0.39, 0.29) is 12.1 Å². The average molecular weight is 369 g/mol. The van der Waals surface area contributed by atoms with Crippen molar-refractivity contribution in [3.63, 3.8) is 0 Å². The van der Waals surface area contributed by atoms with Crippen LogP contribution in [0.1, 0.15) is 12.0 Å². The number of anilines is 1. The molecule has 0 spiro atoms. The average Bonchev–Trinajstić information content (AvgIpc) is 2.64. The lowest BCUT2D eigenvalue weighted by Gasteiger charge is -2.08. The number of aromatic nitrogens is 5. The number of hydrogen-bond donors (Lipinski definition) is 1. The molecule has 132 valence electrons. The Morgan fingerprint density at radius 1 is 1.19 bits per heavy atom. The first-order valence-corrected chi connectivity index (χ1v) is 8.38. The van der Waals surface area contributed by atoms with Crippen LogP contribution in [-0.4, -0.2) is 31.3 Å². The highest BCUT2D eigenvalue weighted by Gasteiger charge is 2.06. The van der Waals surface area contributed by atoms with Gasteiger partial charge in [0.15, 0.2) is 0 Å². The number of pyridine rings is 1. The Balaban J connectivity index is 1.80. The third-order valence-electron chi connectivity index (χ3n) is 3.54. The highest BCUT2D eigenvalue weighted by atomic mass is 35.5. The van der Waals surface area contributed by atoms with Gasteiger partial charge in [-0.15, -0.1) is 6.58 Å². The van der Waals surface area contributed by atoms with Gasteiger partial charge in [0.05, 0.1) is 17.3 Å². The van der Waals surface area contributed by atoms with Crippen LogP contribution in [-0.2, 0) is 6.54 Å². The molecule has 0 aliphatic rings. The molecule has 0 aromatic carbocycles. The Labute approximate surface area is 155 Å². The van der Waals surface area contributed by atoms with Gasteiger partial charge in [-0.25, -0.2) is 14.6 Å². The molecule has 0 unspecified atom stereocenters. The second-order valence-electron chi connectivity index (χ2n) is 5.53. The molecule has 0 bridgehead atoms. The van der Waals surface area contributed by atoms with Crippen molar-refractivity contribution in [1.82, 2.24) is 24.7 Å². The Kier molecular flexibility index (Phi) is 5.70. The van der Waals surface area contributed by atoms with E-state index in [2.05, 4.69) is 31.9 Å². The van der Waals surface area contributed by atoms with E-state index >= 15 is 0 Å². The second kappa shape index (κ2) is 8.35. The maximum absolute atomic E-state index is 12.1. The monoisotopic (exact) mass is 368 g/mol. The van der Waals surface area contributed by atoms with Crippen LogP contribution in [0.5, 0.6) is 0 Å². The molecule has 0 aliphatic carbocycles. The predicted octanol–water partition coefficient (Wildman–Crippen LogP) is 2.79. The minimum atomic E-state index is -0.211. The van der Waals surface area contributed by atoms with Crippen molar-refractivity contribution < 1.29 is 0 Å². The number of rotatable bonds is 7. The number of halogens is 1. The molecule has 0 saturated heterocycles. The standard InChI is InChI=1S/C18H17ClN6O/c1-2-3-6-21-18-22-9-14(10-23-18)16-4-5-17(26)25(24-16)12-13-7-15(19)11-20-8-13/h2,4-5,7-11H,1,3,6,12H2,(H,21,22,23). The molecule has 0 fully saturated rings. The lowest BCUT2D eigenvalue weighted by atomic mass is 10.2. The van der Waals surface area contributed by atoms with E-state index in [1.54, 1.807) is 36.9 Å². The van der Waals surface area contributed by atoms with E-state index in [0.29, 0.717) is 16.7 Å². The molecule has 0 atom stereocenters. The molecule has 3 aromatic heterocycles. The van der Waals surface area contributed by atoms with Crippen LogP contribution in [0.25, 0.3) is 11.3 Å². The Bertz CT molecular complexity index is 954. The summed E-state index contributed by atoms with van der Waals surface area (Å²) in [5, 5.41) is 8.00. The second-order valence-corrected chi connectivity index (χ2v) is 5.96. The van der Waals surface area contributed by atoms with E-state index in [1.807, 2.05) is 6.08 Å². The third kappa shape index (κ3) is 4.52. The van der Waals surface area contributed by atoms with E-state index in [9.17, 15) is 4.79 Å². The van der Waals surface area contributed by atoms with Crippen molar-refractivity contribution in [3.8, 4) is 11.3 Å². The largest absolute Gasteiger partial charge is 0.354 e. The van der Waals surface area contributed by atoms with Crippen LogP contribution < -0.4 is 10.9 Å². The highest BCUT2D eigenvalue weighted by molar-refractivity contribution is 6.30. The molecule has 0 amide bonds. The SMILES string of the molecule is C=CCCNc1ncc(-c2ccc(=O)n(Cc3cncc(Cl)c3)n2)cn1. The minimum Gasteiger partial charge on any atom is -0.354 e. The smallest absolute Gasteiger partial charge is 0.267 e. The molecular formula is C18H17ClN6O. The first kappa shape index (κ1) is 17.8. The van der Waals surface area contributed by atoms with Gasteiger partial charge < -0.3 is 5.32 Å². The van der Waals surface area contributed by atoms with Crippen molar-refractivity contribution in [1.29, 1.82) is 0 Å². The summed E-state index contributed by atoms with van der Waals surface area (Å²) in [6.45, 7) is 4.67. The fraction of sp³-hybridized carbons (Fsp3) is 0.167. The lowest BCUT2D eigenvalue weighted by Crippen LogP contribution is -2.23. The molecule has 26 heavy (non-hydrogen) atoms. The van der Waals surface area contributed by atoms with Gasteiger partial charge >= 0.3 is 0 Å². The van der Waals surface area contributed by atoms with E-state index in [4.69, 9.17) is 11.6 Å². The summed E-state index contributed by atoms with van der Waals surface area (Å²) < 4.78 is 1.36. The Hall–Kier alpha value is -3.06. The zero-order valence-electron chi connectivity index (χ0n) is 14.0. The molecule has 8 heteroatoms. The summed E-state index contributed by atoms with van der Waals surface area (Å²) in [5.41, 5.74) is 1.91. The Morgan fingerprint density at radius 2 is 2.00 bits per heavy atom. The van der Waals surface area contributed by atoms with Crippen LogP contribution in [0.4, 0.5) is 5.95 Å². The first-order chi connectivity index (χ1) is 12.7.